The Morgan fingerprint density at radius 2 is 2.03 bits per heavy atom. The van der Waals surface area contributed by atoms with E-state index in [4.69, 9.17) is 21.1 Å². The fraction of sp³-hybridized carbons (Fsp3) is 0.500. The summed E-state index contributed by atoms with van der Waals surface area (Å²) < 4.78 is 9.76. The highest BCUT2D eigenvalue weighted by Crippen LogP contribution is 2.30. The van der Waals surface area contributed by atoms with Crippen molar-refractivity contribution in [3.05, 3.63) is 28.8 Å². The molecule has 1 aliphatic heterocycles. The number of benzene rings is 1. The first kappa shape index (κ1) is 22.7. The Morgan fingerprint density at radius 3 is 2.62 bits per heavy atom. The average molecular weight is 425 g/mol. The van der Waals surface area contributed by atoms with Gasteiger partial charge in [-0.25, -0.2) is 9.59 Å². The van der Waals surface area contributed by atoms with E-state index in [0.717, 1.165) is 6.42 Å². The van der Waals surface area contributed by atoms with Crippen LogP contribution in [-0.4, -0.2) is 50.1 Å². The topological polar surface area (TPSA) is 102 Å². The van der Waals surface area contributed by atoms with Crippen LogP contribution in [0.25, 0.3) is 0 Å². The highest BCUT2D eigenvalue weighted by molar-refractivity contribution is 6.34. The van der Waals surface area contributed by atoms with E-state index in [2.05, 4.69) is 5.32 Å². The van der Waals surface area contributed by atoms with Crippen molar-refractivity contribution in [3.63, 3.8) is 0 Å². The van der Waals surface area contributed by atoms with E-state index in [0.29, 0.717) is 30.1 Å². The predicted molar refractivity (Wildman–Crippen MR) is 107 cm³/mol. The second-order valence-electron chi connectivity index (χ2n) is 6.85. The van der Waals surface area contributed by atoms with Gasteiger partial charge >= 0.3 is 11.9 Å². The molecule has 0 saturated carbocycles. The number of carbonyl (C=O) groups excluding carboxylic acids is 4. The summed E-state index contributed by atoms with van der Waals surface area (Å²) in [6.45, 7) is 3.67. The van der Waals surface area contributed by atoms with Gasteiger partial charge in [0.2, 0.25) is 5.91 Å². The van der Waals surface area contributed by atoms with Crippen molar-refractivity contribution in [3.8, 4) is 0 Å². The molecule has 0 aromatic heterocycles. The molecule has 0 bridgehead atoms. The average Bonchev–Trinajstić information content (AvgIpc) is 3.15. The molecule has 2 atom stereocenters. The van der Waals surface area contributed by atoms with Gasteiger partial charge in [-0.1, -0.05) is 31.9 Å². The molecule has 1 aromatic carbocycles. The molecule has 9 heteroatoms. The number of methoxy groups -OCH3 is 1. The maximum Gasteiger partial charge on any atom is 0.338 e. The van der Waals surface area contributed by atoms with Gasteiger partial charge in [-0.05, 0) is 30.5 Å². The van der Waals surface area contributed by atoms with Gasteiger partial charge in [0.05, 0.1) is 23.4 Å². The van der Waals surface area contributed by atoms with Crippen LogP contribution in [-0.2, 0) is 23.9 Å². The van der Waals surface area contributed by atoms with Crippen molar-refractivity contribution >= 4 is 41.0 Å². The molecule has 1 fully saturated rings. The van der Waals surface area contributed by atoms with Gasteiger partial charge < -0.3 is 19.7 Å². The summed E-state index contributed by atoms with van der Waals surface area (Å²) in [5.74, 6) is -2.10. The normalized spacial score (nSPS) is 15.6. The third-order valence-electron chi connectivity index (χ3n) is 4.87. The molecule has 158 valence electrons. The Balaban J connectivity index is 2.00. The van der Waals surface area contributed by atoms with Crippen LogP contribution in [0.15, 0.2) is 18.2 Å². The number of esters is 2. The highest BCUT2D eigenvalue weighted by atomic mass is 35.5. The largest absolute Gasteiger partial charge is 0.467 e. The van der Waals surface area contributed by atoms with Gasteiger partial charge in [-0.15, -0.1) is 0 Å². The van der Waals surface area contributed by atoms with E-state index in [1.165, 1.54) is 30.2 Å². The Morgan fingerprint density at radius 1 is 1.31 bits per heavy atom. The molecule has 2 amide bonds. The maximum atomic E-state index is 12.3. The molecule has 0 spiro atoms. The van der Waals surface area contributed by atoms with Crippen LogP contribution in [0.1, 0.15) is 43.5 Å². The number of hydrogen-bond acceptors (Lipinski definition) is 6. The lowest BCUT2D eigenvalue weighted by atomic mass is 9.99. The minimum atomic E-state index is -0.820. The fourth-order valence-corrected chi connectivity index (χ4v) is 3.19. The Hall–Kier alpha value is -2.61. The number of halogens is 1. The van der Waals surface area contributed by atoms with Crippen LogP contribution in [0.2, 0.25) is 5.02 Å². The number of nitrogens with one attached hydrogen (secondary N) is 1. The molecule has 0 unspecified atom stereocenters. The molecule has 2 rings (SSSR count). The molecule has 1 N–H and O–H groups in total. The molecule has 29 heavy (non-hydrogen) atoms. The predicted octanol–water partition coefficient (Wildman–Crippen LogP) is 2.33. The van der Waals surface area contributed by atoms with Crippen molar-refractivity contribution < 1.29 is 28.7 Å². The van der Waals surface area contributed by atoms with Crippen LogP contribution >= 0.6 is 11.6 Å². The molecule has 1 aliphatic rings. The minimum absolute atomic E-state index is 0.0595. The lowest BCUT2D eigenvalue weighted by Crippen LogP contribution is -2.47. The molecule has 8 nitrogen and oxygen atoms in total. The van der Waals surface area contributed by atoms with Crippen LogP contribution in [0, 0.1) is 5.92 Å². The summed E-state index contributed by atoms with van der Waals surface area (Å²) in [5, 5.41) is 2.88. The first-order valence-electron chi connectivity index (χ1n) is 9.42. The lowest BCUT2D eigenvalue weighted by Gasteiger charge is -2.21. The zero-order chi connectivity index (χ0) is 21.6. The van der Waals surface area contributed by atoms with E-state index < -0.39 is 30.5 Å². The fourth-order valence-electron chi connectivity index (χ4n) is 2.98. The first-order valence-corrected chi connectivity index (χ1v) is 9.80. The number of nitrogens with zero attached hydrogens (tertiary/aromatic N) is 1. The van der Waals surface area contributed by atoms with Gasteiger partial charge in [-0.2, -0.15) is 0 Å². The van der Waals surface area contributed by atoms with Crippen molar-refractivity contribution in [2.24, 2.45) is 5.92 Å². The van der Waals surface area contributed by atoms with E-state index in [1.807, 2.05) is 13.8 Å². The van der Waals surface area contributed by atoms with Crippen molar-refractivity contribution in [2.45, 2.75) is 39.2 Å². The van der Waals surface area contributed by atoms with Gasteiger partial charge in [0.1, 0.15) is 6.04 Å². The second-order valence-corrected chi connectivity index (χ2v) is 7.25. The van der Waals surface area contributed by atoms with Gasteiger partial charge in [0.15, 0.2) is 6.61 Å². The number of ether oxygens (including phenoxy) is 2. The number of anilines is 1. The van der Waals surface area contributed by atoms with Crippen LogP contribution in [0.3, 0.4) is 0 Å². The second kappa shape index (κ2) is 10.2. The molecule has 0 aliphatic carbocycles. The van der Waals surface area contributed by atoms with E-state index in [9.17, 15) is 19.2 Å². The third kappa shape index (κ3) is 5.69. The Labute approximate surface area is 174 Å². The quantitative estimate of drug-likeness (QED) is 0.642. The standard InChI is InChI=1S/C20H25ClN2O6/c1-4-12(2)18(20(27)28-3)22-16(24)11-29-19(26)13-7-8-14(21)15(10-13)23-9-5-6-17(23)25/h7-8,10,12,18H,4-6,9,11H2,1-3H3,(H,22,24)/t12-,18+/m1/s1. The molecular weight excluding hydrogens is 400 g/mol. The first-order chi connectivity index (χ1) is 13.8. The molecule has 0 radical (unpaired) electrons. The van der Waals surface area contributed by atoms with Crippen LogP contribution in [0.5, 0.6) is 0 Å². The lowest BCUT2D eigenvalue weighted by molar-refractivity contribution is -0.147. The summed E-state index contributed by atoms with van der Waals surface area (Å²) in [6.07, 6.45) is 1.81. The number of carbonyl (C=O) groups is 4. The van der Waals surface area contributed by atoms with Gasteiger partial charge in [0.25, 0.3) is 5.91 Å². The molecular formula is C20H25ClN2O6. The molecule has 1 aromatic rings. The van der Waals surface area contributed by atoms with Crippen molar-refractivity contribution in [2.75, 3.05) is 25.2 Å². The highest BCUT2D eigenvalue weighted by Gasteiger charge is 2.27. The third-order valence-corrected chi connectivity index (χ3v) is 5.18. The maximum absolute atomic E-state index is 12.3. The number of rotatable bonds is 8. The Bertz CT molecular complexity index is 797. The van der Waals surface area contributed by atoms with Gasteiger partial charge in [-0.3, -0.25) is 9.59 Å². The monoisotopic (exact) mass is 424 g/mol. The summed E-state index contributed by atoms with van der Waals surface area (Å²) in [6, 6.07) is 3.63. The SMILES string of the molecule is CC[C@@H](C)[C@H](NC(=O)COC(=O)c1ccc(Cl)c(N2CCCC2=O)c1)C(=O)OC. The smallest absolute Gasteiger partial charge is 0.338 e. The molecule has 1 heterocycles. The van der Waals surface area contributed by atoms with Crippen LogP contribution in [0.4, 0.5) is 5.69 Å². The summed E-state index contributed by atoms with van der Waals surface area (Å²) in [5.41, 5.74) is 0.610. The van der Waals surface area contributed by atoms with Crippen molar-refractivity contribution in [1.82, 2.24) is 5.32 Å². The summed E-state index contributed by atoms with van der Waals surface area (Å²) in [7, 11) is 1.24. The number of amides is 2. The van der Waals surface area contributed by atoms with Gasteiger partial charge in [0, 0.05) is 13.0 Å². The molecule has 1 saturated heterocycles. The number of hydrogen-bond donors (Lipinski definition) is 1. The van der Waals surface area contributed by atoms with Crippen LogP contribution < -0.4 is 10.2 Å². The minimum Gasteiger partial charge on any atom is -0.467 e. The summed E-state index contributed by atoms with van der Waals surface area (Å²) >= 11 is 6.16. The van der Waals surface area contributed by atoms with Crippen molar-refractivity contribution in [1.29, 1.82) is 0 Å². The van der Waals surface area contributed by atoms with E-state index >= 15 is 0 Å². The Kier molecular flexibility index (Phi) is 8.01. The zero-order valence-corrected chi connectivity index (χ0v) is 17.5. The zero-order valence-electron chi connectivity index (χ0n) is 16.7. The summed E-state index contributed by atoms with van der Waals surface area (Å²) in [4.78, 5) is 49.8. The van der Waals surface area contributed by atoms with E-state index in [1.54, 1.807) is 0 Å². The van der Waals surface area contributed by atoms with E-state index in [-0.39, 0.29) is 17.4 Å².